The molecule has 2 aromatic carbocycles. The molecular weight excluding hydrogens is 498 g/mol. The number of hydrogen-bond donors (Lipinski definition) is 1. The lowest BCUT2D eigenvalue weighted by molar-refractivity contribution is -0.141. The number of amides is 1. The van der Waals surface area contributed by atoms with Gasteiger partial charge in [-0.3, -0.25) is 9.59 Å². The summed E-state index contributed by atoms with van der Waals surface area (Å²) in [6, 6.07) is 9.71. The largest absolute Gasteiger partial charge is 0.468 e. The number of hydrogen-bond acceptors (Lipinski definition) is 5. The first kappa shape index (κ1) is 25.4. The van der Waals surface area contributed by atoms with E-state index in [9.17, 15) is 27.2 Å². The predicted molar refractivity (Wildman–Crippen MR) is 127 cm³/mol. The quantitative estimate of drug-likeness (QED) is 0.254. The van der Waals surface area contributed by atoms with Crippen molar-refractivity contribution in [2.75, 3.05) is 20.2 Å². The Labute approximate surface area is 207 Å². The van der Waals surface area contributed by atoms with E-state index in [4.69, 9.17) is 4.74 Å². The highest BCUT2D eigenvalue weighted by Crippen LogP contribution is 2.37. The topological polar surface area (TPSA) is 75.3 Å². The monoisotopic (exact) mass is 519 g/mol. The van der Waals surface area contributed by atoms with Crippen molar-refractivity contribution >= 4 is 34.1 Å². The summed E-state index contributed by atoms with van der Waals surface area (Å²) in [6.45, 7) is 1.32. The zero-order valence-electron chi connectivity index (χ0n) is 19.3. The molecule has 188 valence electrons. The van der Waals surface area contributed by atoms with E-state index in [1.807, 2.05) is 30.5 Å². The number of aromatic amines is 1. The number of H-pyrrole nitrogens is 1. The SMILES string of the molecule is COC(=O)CN(CCc1c[nH]c2ccccc12)C(=O)c1nc(C)sc1-c1cc(F)cc(C(F)(F)F)c1. The van der Waals surface area contributed by atoms with E-state index in [0.717, 1.165) is 39.9 Å². The van der Waals surface area contributed by atoms with Crippen LogP contribution in [0.5, 0.6) is 0 Å². The van der Waals surface area contributed by atoms with E-state index >= 15 is 0 Å². The Hall–Kier alpha value is -3.73. The molecule has 0 aliphatic heterocycles. The van der Waals surface area contributed by atoms with Crippen LogP contribution >= 0.6 is 11.3 Å². The van der Waals surface area contributed by atoms with Crippen molar-refractivity contribution < 1.29 is 31.9 Å². The summed E-state index contributed by atoms with van der Waals surface area (Å²) in [6.07, 6.45) is -2.56. The van der Waals surface area contributed by atoms with Crippen LogP contribution in [-0.4, -0.2) is 46.9 Å². The standard InChI is InChI=1S/C25H21F4N3O3S/c1-14-31-22(23(36-14)16-9-17(25(27,28)29)11-18(26)10-16)24(34)32(13-21(33)35-2)8-7-15-12-30-20-6-4-3-5-19(15)20/h3-6,9-12,30H,7-8,13H2,1-2H3. The molecule has 0 unspecified atom stereocenters. The van der Waals surface area contributed by atoms with Crippen LogP contribution in [-0.2, 0) is 22.1 Å². The summed E-state index contributed by atoms with van der Waals surface area (Å²) in [5, 5.41) is 1.37. The molecule has 0 radical (unpaired) electrons. The van der Waals surface area contributed by atoms with Crippen molar-refractivity contribution in [2.45, 2.75) is 19.5 Å². The highest BCUT2D eigenvalue weighted by molar-refractivity contribution is 7.15. The van der Waals surface area contributed by atoms with Crippen LogP contribution in [0.2, 0.25) is 0 Å². The number of alkyl halides is 3. The number of fused-ring (bicyclic) bond motifs is 1. The van der Waals surface area contributed by atoms with Gasteiger partial charge in [0.05, 0.1) is 22.6 Å². The molecule has 0 saturated carbocycles. The van der Waals surface area contributed by atoms with Gasteiger partial charge in [0.25, 0.3) is 5.91 Å². The molecule has 4 aromatic rings. The van der Waals surface area contributed by atoms with Gasteiger partial charge in [0, 0.05) is 23.6 Å². The van der Waals surface area contributed by atoms with Gasteiger partial charge in [0.15, 0.2) is 0 Å². The maximum Gasteiger partial charge on any atom is 0.416 e. The number of benzene rings is 2. The van der Waals surface area contributed by atoms with Gasteiger partial charge in [-0.25, -0.2) is 9.37 Å². The molecule has 11 heteroatoms. The highest BCUT2D eigenvalue weighted by Gasteiger charge is 2.33. The lowest BCUT2D eigenvalue weighted by Gasteiger charge is -2.21. The summed E-state index contributed by atoms with van der Waals surface area (Å²) in [4.78, 5) is 34.3. The van der Waals surface area contributed by atoms with Crippen LogP contribution in [0.25, 0.3) is 21.3 Å². The number of thiazole rings is 1. The van der Waals surface area contributed by atoms with Crippen LogP contribution in [0.15, 0.2) is 48.7 Å². The number of para-hydroxylation sites is 1. The molecule has 1 N–H and O–H groups in total. The van der Waals surface area contributed by atoms with Gasteiger partial charge >= 0.3 is 12.1 Å². The van der Waals surface area contributed by atoms with Gasteiger partial charge < -0.3 is 14.6 Å². The van der Waals surface area contributed by atoms with Crippen molar-refractivity contribution in [3.63, 3.8) is 0 Å². The lowest BCUT2D eigenvalue weighted by Crippen LogP contribution is -2.38. The summed E-state index contributed by atoms with van der Waals surface area (Å²) < 4.78 is 58.7. The first-order valence-corrected chi connectivity index (χ1v) is 11.6. The Bertz CT molecular complexity index is 1430. The van der Waals surface area contributed by atoms with Crippen molar-refractivity contribution in [3.05, 3.63) is 76.3 Å². The van der Waals surface area contributed by atoms with E-state index in [0.29, 0.717) is 17.5 Å². The highest BCUT2D eigenvalue weighted by atomic mass is 32.1. The molecule has 0 saturated heterocycles. The van der Waals surface area contributed by atoms with Crippen LogP contribution < -0.4 is 0 Å². The van der Waals surface area contributed by atoms with Crippen molar-refractivity contribution in [1.29, 1.82) is 0 Å². The van der Waals surface area contributed by atoms with Crippen molar-refractivity contribution in [1.82, 2.24) is 14.9 Å². The minimum atomic E-state index is -4.77. The number of rotatable bonds is 7. The number of ether oxygens (including phenoxy) is 1. The molecule has 4 rings (SSSR count). The Morgan fingerprint density at radius 1 is 1.17 bits per heavy atom. The van der Waals surface area contributed by atoms with E-state index < -0.39 is 29.4 Å². The first-order chi connectivity index (χ1) is 17.1. The third-order valence-corrected chi connectivity index (χ3v) is 6.60. The molecule has 1 amide bonds. The number of esters is 1. The molecule has 0 aliphatic carbocycles. The molecule has 36 heavy (non-hydrogen) atoms. The number of carbonyl (C=O) groups is 2. The number of nitrogens with zero attached hydrogens (tertiary/aromatic N) is 2. The molecule has 0 spiro atoms. The lowest BCUT2D eigenvalue weighted by atomic mass is 10.1. The molecule has 2 aromatic heterocycles. The van der Waals surface area contributed by atoms with Crippen LogP contribution in [0.3, 0.4) is 0 Å². The van der Waals surface area contributed by atoms with Gasteiger partial charge in [-0.1, -0.05) is 18.2 Å². The number of methoxy groups -OCH3 is 1. The van der Waals surface area contributed by atoms with Crippen LogP contribution in [0.1, 0.15) is 26.6 Å². The fraction of sp³-hybridized carbons (Fsp3) is 0.240. The zero-order valence-corrected chi connectivity index (χ0v) is 20.1. The fourth-order valence-corrected chi connectivity index (χ4v) is 4.77. The van der Waals surface area contributed by atoms with Gasteiger partial charge in [-0.05, 0) is 48.7 Å². The Morgan fingerprint density at radius 3 is 2.64 bits per heavy atom. The third kappa shape index (κ3) is 5.40. The summed E-state index contributed by atoms with van der Waals surface area (Å²) in [7, 11) is 1.19. The third-order valence-electron chi connectivity index (χ3n) is 5.58. The number of nitrogens with one attached hydrogen (secondary N) is 1. The summed E-state index contributed by atoms with van der Waals surface area (Å²) in [5.41, 5.74) is 0.392. The summed E-state index contributed by atoms with van der Waals surface area (Å²) in [5.74, 6) is -2.42. The Balaban J connectivity index is 1.68. The molecule has 0 bridgehead atoms. The van der Waals surface area contributed by atoms with E-state index in [1.165, 1.54) is 12.0 Å². The van der Waals surface area contributed by atoms with Gasteiger partial charge in [-0.15, -0.1) is 11.3 Å². The van der Waals surface area contributed by atoms with Crippen molar-refractivity contribution in [2.24, 2.45) is 0 Å². The number of halogens is 4. The minimum absolute atomic E-state index is 0.0875. The number of aromatic nitrogens is 2. The van der Waals surface area contributed by atoms with Crippen LogP contribution in [0.4, 0.5) is 17.6 Å². The predicted octanol–water partition coefficient (Wildman–Crippen LogP) is 5.62. The van der Waals surface area contributed by atoms with Gasteiger partial charge in [0.1, 0.15) is 18.1 Å². The second-order valence-electron chi connectivity index (χ2n) is 8.05. The molecule has 2 heterocycles. The molecule has 0 aliphatic rings. The molecular formula is C25H21F4N3O3S. The smallest absolute Gasteiger partial charge is 0.416 e. The molecule has 0 atom stereocenters. The molecule has 6 nitrogen and oxygen atoms in total. The normalized spacial score (nSPS) is 11.6. The Morgan fingerprint density at radius 2 is 1.92 bits per heavy atom. The number of aryl methyl sites for hydroxylation is 1. The molecule has 0 fully saturated rings. The number of carbonyl (C=O) groups excluding carboxylic acids is 2. The van der Waals surface area contributed by atoms with E-state index in [-0.39, 0.29) is 29.2 Å². The van der Waals surface area contributed by atoms with Crippen molar-refractivity contribution in [3.8, 4) is 10.4 Å². The van der Waals surface area contributed by atoms with E-state index in [2.05, 4.69) is 9.97 Å². The van der Waals surface area contributed by atoms with Crippen LogP contribution in [0, 0.1) is 12.7 Å². The fourth-order valence-electron chi connectivity index (χ4n) is 3.87. The maximum atomic E-state index is 14.1. The Kier molecular flexibility index (Phi) is 7.11. The average molecular weight is 520 g/mol. The summed E-state index contributed by atoms with van der Waals surface area (Å²) >= 11 is 0.970. The van der Waals surface area contributed by atoms with E-state index in [1.54, 1.807) is 6.92 Å². The second-order valence-corrected chi connectivity index (χ2v) is 9.25. The maximum absolute atomic E-state index is 14.1. The first-order valence-electron chi connectivity index (χ1n) is 10.8. The van der Waals surface area contributed by atoms with Gasteiger partial charge in [0.2, 0.25) is 0 Å². The second kappa shape index (κ2) is 10.1. The zero-order chi connectivity index (χ0) is 26.0. The van der Waals surface area contributed by atoms with Gasteiger partial charge in [-0.2, -0.15) is 13.2 Å². The minimum Gasteiger partial charge on any atom is -0.468 e. The average Bonchev–Trinajstić information content (AvgIpc) is 3.43.